The molecule has 0 amide bonds. The number of nitrogens with zero attached hydrogens (tertiary/aromatic N) is 1. The van der Waals surface area contributed by atoms with Gasteiger partial charge in [0.25, 0.3) is 0 Å². The van der Waals surface area contributed by atoms with Gasteiger partial charge in [-0.05, 0) is 38.1 Å². The lowest BCUT2D eigenvalue weighted by atomic mass is 9.50. The largest absolute Gasteiger partial charge is 0.481 e. The van der Waals surface area contributed by atoms with Crippen LogP contribution in [0.25, 0.3) is 0 Å². The van der Waals surface area contributed by atoms with Crippen LogP contribution in [-0.4, -0.2) is 58.4 Å². The van der Waals surface area contributed by atoms with Crippen LogP contribution in [-0.2, 0) is 37.5 Å². The maximum absolute atomic E-state index is 13.6. The van der Waals surface area contributed by atoms with Crippen molar-refractivity contribution >= 4 is 11.9 Å². The molecule has 200 valence electrons. The van der Waals surface area contributed by atoms with Crippen molar-refractivity contribution in [3.63, 3.8) is 0 Å². The van der Waals surface area contributed by atoms with E-state index in [1.807, 2.05) is 25.2 Å². The summed E-state index contributed by atoms with van der Waals surface area (Å²) >= 11 is 0. The minimum atomic E-state index is -1.24. The molecular weight excluding hydrogens is 486 g/mol. The van der Waals surface area contributed by atoms with Gasteiger partial charge in [0.05, 0.1) is 23.5 Å². The fraction of sp³-hybridized carbons (Fsp3) is 0.467. The average Bonchev–Trinajstić information content (AvgIpc) is 3.27. The van der Waals surface area contributed by atoms with Crippen LogP contribution < -0.4 is 4.74 Å². The third kappa shape index (κ3) is 3.40. The molecule has 5 atom stereocenters. The van der Waals surface area contributed by atoms with E-state index in [-0.39, 0.29) is 19.1 Å². The Hall–Kier alpha value is -3.20. The van der Waals surface area contributed by atoms with Crippen molar-refractivity contribution in [2.75, 3.05) is 13.6 Å². The second kappa shape index (κ2) is 8.93. The number of aliphatic hydroxyl groups is 2. The standard InChI is InChI=1S/C30H33NO7/c1-17(2)27(33)38-25(18-7-5-4-6-8-18)28(34)36-21-11-12-30(35)22-15-19-9-10-20(16-32)24-23(19)29(30,26(21)37-24)13-14-31(22)3/h4-11,17,22,25-26,32,35H,12-16H2,1-3H3/t22-,25+,26?,29?,30-/m1/s1. The zero-order valence-corrected chi connectivity index (χ0v) is 21.8. The maximum atomic E-state index is 13.6. The number of benzene rings is 2. The molecule has 8 heteroatoms. The number of hydrogen-bond acceptors (Lipinski definition) is 8. The highest BCUT2D eigenvalue weighted by atomic mass is 16.6. The van der Waals surface area contributed by atoms with Gasteiger partial charge in [0.2, 0.25) is 6.10 Å². The Labute approximate surface area is 221 Å². The highest BCUT2D eigenvalue weighted by Gasteiger charge is 2.72. The molecule has 4 aliphatic rings. The molecule has 2 aromatic rings. The first-order valence-electron chi connectivity index (χ1n) is 13.2. The monoisotopic (exact) mass is 519 g/mol. The van der Waals surface area contributed by atoms with E-state index in [4.69, 9.17) is 14.2 Å². The van der Waals surface area contributed by atoms with Crippen molar-refractivity contribution in [2.45, 2.75) is 69.0 Å². The molecule has 0 aromatic heterocycles. The highest BCUT2D eigenvalue weighted by Crippen LogP contribution is 2.64. The molecule has 2 unspecified atom stereocenters. The lowest BCUT2D eigenvalue weighted by Gasteiger charge is -2.61. The number of ether oxygens (including phenoxy) is 3. The van der Waals surface area contributed by atoms with Crippen LogP contribution in [0, 0.1) is 5.92 Å². The number of carbonyl (C=O) groups is 2. The van der Waals surface area contributed by atoms with E-state index in [1.165, 1.54) is 0 Å². The molecule has 1 spiro atoms. The van der Waals surface area contributed by atoms with Crippen molar-refractivity contribution in [2.24, 2.45) is 5.92 Å². The average molecular weight is 520 g/mol. The molecular formula is C30H33NO7. The van der Waals surface area contributed by atoms with Crippen molar-refractivity contribution in [1.82, 2.24) is 4.90 Å². The Balaban J connectivity index is 1.40. The molecule has 0 radical (unpaired) electrons. The molecule has 0 saturated carbocycles. The van der Waals surface area contributed by atoms with Crippen molar-refractivity contribution < 1.29 is 34.0 Å². The van der Waals surface area contributed by atoms with Gasteiger partial charge in [-0.25, -0.2) is 4.79 Å². The van der Waals surface area contributed by atoms with Crippen LogP contribution in [0.2, 0.25) is 0 Å². The molecule has 2 aromatic carbocycles. The third-order valence-corrected chi connectivity index (χ3v) is 8.87. The number of piperidine rings is 1. The summed E-state index contributed by atoms with van der Waals surface area (Å²) in [4.78, 5) is 28.3. The first-order valence-corrected chi connectivity index (χ1v) is 13.2. The molecule has 2 aliphatic heterocycles. The second-order valence-corrected chi connectivity index (χ2v) is 11.2. The number of likely N-dealkylation sites (tertiary alicyclic amines) is 1. The van der Waals surface area contributed by atoms with Gasteiger partial charge in [0, 0.05) is 29.2 Å². The van der Waals surface area contributed by atoms with Crippen molar-refractivity contribution in [1.29, 1.82) is 0 Å². The molecule has 2 bridgehead atoms. The van der Waals surface area contributed by atoms with Gasteiger partial charge in [0.1, 0.15) is 11.5 Å². The summed E-state index contributed by atoms with van der Waals surface area (Å²) in [6, 6.07) is 12.6. The van der Waals surface area contributed by atoms with E-state index in [1.54, 1.807) is 44.2 Å². The molecule has 2 N–H and O–H groups in total. The minimum absolute atomic E-state index is 0.127. The predicted octanol–water partition coefficient (Wildman–Crippen LogP) is 2.94. The summed E-state index contributed by atoms with van der Waals surface area (Å²) in [6.45, 7) is 3.96. The number of aliphatic hydroxyl groups excluding tert-OH is 1. The van der Waals surface area contributed by atoms with Gasteiger partial charge in [-0.15, -0.1) is 0 Å². The highest BCUT2D eigenvalue weighted by molar-refractivity contribution is 5.82. The fourth-order valence-electron chi connectivity index (χ4n) is 6.93. The fourth-order valence-corrected chi connectivity index (χ4v) is 6.93. The third-order valence-electron chi connectivity index (χ3n) is 8.87. The first kappa shape index (κ1) is 25.1. The van der Waals surface area contributed by atoms with Crippen LogP contribution in [0.4, 0.5) is 0 Å². The Morgan fingerprint density at radius 1 is 1.16 bits per heavy atom. The van der Waals surface area contributed by atoms with Gasteiger partial charge in [-0.2, -0.15) is 0 Å². The van der Waals surface area contributed by atoms with Crippen molar-refractivity contribution in [3.8, 4) is 5.75 Å². The summed E-state index contributed by atoms with van der Waals surface area (Å²) in [5.74, 6) is -0.768. The van der Waals surface area contributed by atoms with Crippen LogP contribution in [0.1, 0.15) is 55.0 Å². The molecule has 38 heavy (non-hydrogen) atoms. The van der Waals surface area contributed by atoms with Crippen LogP contribution in [0.15, 0.2) is 54.3 Å². The zero-order chi connectivity index (χ0) is 26.8. The lowest BCUT2D eigenvalue weighted by molar-refractivity contribution is -0.177. The topological polar surface area (TPSA) is 106 Å². The lowest BCUT2D eigenvalue weighted by Crippen LogP contribution is -2.74. The number of hydrogen-bond donors (Lipinski definition) is 2. The van der Waals surface area contributed by atoms with E-state index < -0.39 is 41.1 Å². The normalized spacial score (nSPS) is 29.7. The smallest absolute Gasteiger partial charge is 0.357 e. The van der Waals surface area contributed by atoms with Crippen LogP contribution in [0.5, 0.6) is 5.75 Å². The summed E-state index contributed by atoms with van der Waals surface area (Å²) in [6.07, 6.45) is 1.32. The Morgan fingerprint density at radius 2 is 1.92 bits per heavy atom. The quantitative estimate of drug-likeness (QED) is 0.562. The maximum Gasteiger partial charge on any atom is 0.357 e. The van der Waals surface area contributed by atoms with E-state index in [0.717, 1.165) is 17.7 Å². The van der Waals surface area contributed by atoms with Crippen LogP contribution >= 0.6 is 0 Å². The molecule has 6 rings (SSSR count). The number of carbonyl (C=O) groups excluding carboxylic acids is 2. The molecule has 8 nitrogen and oxygen atoms in total. The summed E-state index contributed by atoms with van der Waals surface area (Å²) in [5.41, 5.74) is 1.21. The van der Waals surface area contributed by atoms with E-state index in [9.17, 15) is 19.8 Å². The van der Waals surface area contributed by atoms with Crippen LogP contribution in [0.3, 0.4) is 0 Å². The molecule has 2 aliphatic carbocycles. The number of rotatable bonds is 6. The minimum Gasteiger partial charge on any atom is -0.481 e. The summed E-state index contributed by atoms with van der Waals surface area (Å²) in [5, 5.41) is 22.4. The number of esters is 2. The molecule has 2 heterocycles. The van der Waals surface area contributed by atoms with Gasteiger partial charge < -0.3 is 29.3 Å². The Kier molecular flexibility index (Phi) is 5.90. The Morgan fingerprint density at radius 3 is 2.63 bits per heavy atom. The van der Waals surface area contributed by atoms with E-state index in [0.29, 0.717) is 35.5 Å². The van der Waals surface area contributed by atoms with E-state index in [2.05, 4.69) is 4.90 Å². The second-order valence-electron chi connectivity index (χ2n) is 11.2. The zero-order valence-electron chi connectivity index (χ0n) is 21.8. The van der Waals surface area contributed by atoms with Gasteiger partial charge in [0.15, 0.2) is 6.10 Å². The Bertz CT molecular complexity index is 1320. The van der Waals surface area contributed by atoms with Gasteiger partial charge in [-0.1, -0.05) is 56.3 Å². The predicted molar refractivity (Wildman–Crippen MR) is 137 cm³/mol. The van der Waals surface area contributed by atoms with Gasteiger partial charge in [-0.3, -0.25) is 4.79 Å². The summed E-state index contributed by atoms with van der Waals surface area (Å²) in [7, 11) is 2.03. The molecule has 1 saturated heterocycles. The SMILES string of the molecule is CC(C)C(=O)O[C@H](C(=O)OC1=CC[C@@]2(O)[C@H]3Cc4ccc(CO)c5c4C2(CCN3C)C1O5)c1ccccc1. The number of likely N-dealkylation sites (N-methyl/N-ethyl adjacent to an activating group) is 1. The van der Waals surface area contributed by atoms with Crippen molar-refractivity contribution in [3.05, 3.63) is 76.6 Å². The molecule has 1 fully saturated rings. The van der Waals surface area contributed by atoms with Gasteiger partial charge >= 0.3 is 11.9 Å². The van der Waals surface area contributed by atoms with E-state index >= 15 is 0 Å². The summed E-state index contributed by atoms with van der Waals surface area (Å²) < 4.78 is 18.1. The first-order chi connectivity index (χ1) is 18.2.